The van der Waals surface area contributed by atoms with E-state index in [0.717, 1.165) is 18.6 Å². The van der Waals surface area contributed by atoms with E-state index in [1.54, 1.807) is 12.1 Å². The zero-order chi connectivity index (χ0) is 11.1. The number of rotatable bonds is 5. The standard InChI is InChI=1S/C12H14N2O/c1-3-5-10(4-2)14-9-12-7-6-11(8-13)15-12/h2,6-7,10,14H,3,5,9H2,1H3. The van der Waals surface area contributed by atoms with Gasteiger partial charge >= 0.3 is 0 Å². The van der Waals surface area contributed by atoms with E-state index in [1.165, 1.54) is 0 Å². The zero-order valence-corrected chi connectivity index (χ0v) is 8.79. The minimum Gasteiger partial charge on any atom is -0.449 e. The van der Waals surface area contributed by atoms with E-state index in [-0.39, 0.29) is 6.04 Å². The number of nitriles is 1. The molecular formula is C12H14N2O. The Hall–Kier alpha value is -1.71. The Labute approximate surface area is 90.1 Å². The molecule has 1 rings (SSSR count). The van der Waals surface area contributed by atoms with Gasteiger partial charge in [0.2, 0.25) is 5.76 Å². The third-order valence-electron chi connectivity index (χ3n) is 2.07. The highest BCUT2D eigenvalue weighted by Gasteiger charge is 2.05. The van der Waals surface area contributed by atoms with Crippen LogP contribution in [0.5, 0.6) is 0 Å². The fourth-order valence-electron chi connectivity index (χ4n) is 1.29. The van der Waals surface area contributed by atoms with Crippen LogP contribution in [0.4, 0.5) is 0 Å². The quantitative estimate of drug-likeness (QED) is 0.743. The van der Waals surface area contributed by atoms with Crippen LogP contribution in [-0.2, 0) is 6.54 Å². The molecule has 3 nitrogen and oxygen atoms in total. The molecule has 1 aromatic heterocycles. The van der Waals surface area contributed by atoms with E-state index < -0.39 is 0 Å². The molecule has 0 aliphatic rings. The number of hydrogen-bond acceptors (Lipinski definition) is 3. The summed E-state index contributed by atoms with van der Waals surface area (Å²) in [5, 5.41) is 11.7. The summed E-state index contributed by atoms with van der Waals surface area (Å²) < 4.78 is 5.21. The van der Waals surface area contributed by atoms with Gasteiger partial charge in [0, 0.05) is 0 Å². The normalized spacial score (nSPS) is 11.7. The van der Waals surface area contributed by atoms with E-state index in [0.29, 0.717) is 12.3 Å². The third kappa shape index (κ3) is 3.50. The van der Waals surface area contributed by atoms with Crippen LogP contribution >= 0.6 is 0 Å². The number of nitrogens with one attached hydrogen (secondary N) is 1. The lowest BCUT2D eigenvalue weighted by molar-refractivity contribution is 0.455. The van der Waals surface area contributed by atoms with Crippen LogP contribution in [0.3, 0.4) is 0 Å². The van der Waals surface area contributed by atoms with Gasteiger partial charge in [0.1, 0.15) is 11.8 Å². The van der Waals surface area contributed by atoms with Crippen LogP contribution in [0.2, 0.25) is 0 Å². The molecule has 3 heteroatoms. The maximum absolute atomic E-state index is 8.56. The summed E-state index contributed by atoms with van der Waals surface area (Å²) in [5.41, 5.74) is 0. The van der Waals surface area contributed by atoms with Crippen molar-refractivity contribution in [3.8, 4) is 18.4 Å². The van der Waals surface area contributed by atoms with Crippen LogP contribution < -0.4 is 5.32 Å². The van der Waals surface area contributed by atoms with Gasteiger partial charge in [-0.1, -0.05) is 19.3 Å². The summed E-state index contributed by atoms with van der Waals surface area (Å²) in [4.78, 5) is 0. The second kappa shape index (κ2) is 5.90. The van der Waals surface area contributed by atoms with Crippen molar-refractivity contribution in [1.29, 1.82) is 5.26 Å². The monoisotopic (exact) mass is 202 g/mol. The molecule has 1 atom stereocenters. The SMILES string of the molecule is C#CC(CCC)NCc1ccc(C#N)o1. The lowest BCUT2D eigenvalue weighted by Gasteiger charge is -2.09. The highest BCUT2D eigenvalue weighted by Crippen LogP contribution is 2.06. The maximum Gasteiger partial charge on any atom is 0.203 e. The Kier molecular flexibility index (Phi) is 4.47. The Bertz CT molecular complexity index is 381. The predicted molar refractivity (Wildman–Crippen MR) is 57.8 cm³/mol. The van der Waals surface area contributed by atoms with Gasteiger partial charge in [-0.2, -0.15) is 5.26 Å². The van der Waals surface area contributed by atoms with Crippen LogP contribution in [0.15, 0.2) is 16.5 Å². The molecule has 0 fully saturated rings. The van der Waals surface area contributed by atoms with Crippen molar-refractivity contribution in [3.05, 3.63) is 23.7 Å². The molecular weight excluding hydrogens is 188 g/mol. The molecule has 1 aromatic rings. The Morgan fingerprint density at radius 2 is 2.40 bits per heavy atom. The van der Waals surface area contributed by atoms with E-state index in [9.17, 15) is 0 Å². The number of nitrogens with zero attached hydrogens (tertiary/aromatic N) is 1. The van der Waals surface area contributed by atoms with Gasteiger partial charge < -0.3 is 4.42 Å². The van der Waals surface area contributed by atoms with Gasteiger partial charge in [0.05, 0.1) is 12.6 Å². The highest BCUT2D eigenvalue weighted by atomic mass is 16.3. The van der Waals surface area contributed by atoms with Gasteiger partial charge in [-0.15, -0.1) is 6.42 Å². The van der Waals surface area contributed by atoms with Crippen molar-refractivity contribution in [1.82, 2.24) is 5.32 Å². The largest absolute Gasteiger partial charge is 0.449 e. The molecule has 0 saturated heterocycles. The molecule has 78 valence electrons. The lowest BCUT2D eigenvalue weighted by atomic mass is 10.2. The molecule has 0 amide bonds. The summed E-state index contributed by atoms with van der Waals surface area (Å²) in [6.45, 7) is 2.66. The summed E-state index contributed by atoms with van der Waals surface area (Å²) in [6, 6.07) is 5.45. The third-order valence-corrected chi connectivity index (χ3v) is 2.07. The van der Waals surface area contributed by atoms with Crippen LogP contribution in [0.25, 0.3) is 0 Å². The van der Waals surface area contributed by atoms with Gasteiger partial charge in [0.15, 0.2) is 0 Å². The van der Waals surface area contributed by atoms with Crippen molar-refractivity contribution in [2.45, 2.75) is 32.4 Å². The molecule has 0 spiro atoms. The summed E-state index contributed by atoms with van der Waals surface area (Å²) in [6.07, 6.45) is 7.35. The second-order valence-electron chi connectivity index (χ2n) is 3.27. The lowest BCUT2D eigenvalue weighted by Crippen LogP contribution is -2.26. The summed E-state index contributed by atoms with van der Waals surface area (Å²) >= 11 is 0. The van der Waals surface area contributed by atoms with Crippen LogP contribution in [0.1, 0.15) is 31.3 Å². The fraction of sp³-hybridized carbons (Fsp3) is 0.417. The summed E-state index contributed by atoms with van der Waals surface area (Å²) in [5.74, 6) is 3.75. The Morgan fingerprint density at radius 3 is 2.93 bits per heavy atom. The molecule has 0 aliphatic carbocycles. The maximum atomic E-state index is 8.56. The minimum absolute atomic E-state index is 0.0747. The highest BCUT2D eigenvalue weighted by molar-refractivity contribution is 5.19. The van der Waals surface area contributed by atoms with E-state index in [4.69, 9.17) is 16.1 Å². The fourth-order valence-corrected chi connectivity index (χ4v) is 1.29. The van der Waals surface area contributed by atoms with Crippen LogP contribution in [0, 0.1) is 23.7 Å². The number of furan rings is 1. The van der Waals surface area contributed by atoms with Crippen LogP contribution in [-0.4, -0.2) is 6.04 Å². The molecule has 0 bridgehead atoms. The Morgan fingerprint density at radius 1 is 1.60 bits per heavy atom. The van der Waals surface area contributed by atoms with Gasteiger partial charge in [-0.3, -0.25) is 5.32 Å². The van der Waals surface area contributed by atoms with Gasteiger partial charge in [-0.05, 0) is 18.6 Å². The van der Waals surface area contributed by atoms with Crippen molar-refractivity contribution in [2.24, 2.45) is 0 Å². The topological polar surface area (TPSA) is 49.0 Å². The zero-order valence-electron chi connectivity index (χ0n) is 8.79. The van der Waals surface area contributed by atoms with Crippen molar-refractivity contribution >= 4 is 0 Å². The smallest absolute Gasteiger partial charge is 0.203 e. The van der Waals surface area contributed by atoms with E-state index in [2.05, 4.69) is 18.2 Å². The van der Waals surface area contributed by atoms with Gasteiger partial charge in [-0.25, -0.2) is 0 Å². The first kappa shape index (κ1) is 11.4. The Balaban J connectivity index is 2.43. The first-order valence-corrected chi connectivity index (χ1v) is 4.98. The van der Waals surface area contributed by atoms with Crippen molar-refractivity contribution in [2.75, 3.05) is 0 Å². The second-order valence-corrected chi connectivity index (χ2v) is 3.27. The number of terminal acetylenes is 1. The predicted octanol–water partition coefficient (Wildman–Crippen LogP) is 2.04. The molecule has 0 saturated carbocycles. The average Bonchev–Trinajstić information content (AvgIpc) is 2.72. The molecule has 0 aliphatic heterocycles. The average molecular weight is 202 g/mol. The molecule has 1 unspecified atom stereocenters. The molecule has 0 aromatic carbocycles. The number of hydrogen-bond donors (Lipinski definition) is 1. The first-order valence-electron chi connectivity index (χ1n) is 4.98. The van der Waals surface area contributed by atoms with E-state index in [1.807, 2.05) is 6.07 Å². The van der Waals surface area contributed by atoms with Gasteiger partial charge in [0.25, 0.3) is 0 Å². The molecule has 1 N–H and O–H groups in total. The summed E-state index contributed by atoms with van der Waals surface area (Å²) in [7, 11) is 0. The minimum atomic E-state index is 0.0747. The first-order chi connectivity index (χ1) is 7.30. The van der Waals surface area contributed by atoms with E-state index >= 15 is 0 Å². The molecule has 1 heterocycles. The van der Waals surface area contributed by atoms with Crippen molar-refractivity contribution < 1.29 is 4.42 Å². The van der Waals surface area contributed by atoms with Crippen molar-refractivity contribution in [3.63, 3.8) is 0 Å². The molecule has 0 radical (unpaired) electrons. The molecule has 15 heavy (non-hydrogen) atoms.